The third kappa shape index (κ3) is 2.66. The number of alkyl halides is 1. The van der Waals surface area contributed by atoms with Crippen LogP contribution in [0.2, 0.25) is 10.0 Å². The Bertz CT molecular complexity index is 848. The lowest BCUT2D eigenvalue weighted by atomic mass is 10.2. The Morgan fingerprint density at radius 2 is 1.95 bits per heavy atom. The van der Waals surface area contributed by atoms with Gasteiger partial charge in [0.05, 0.1) is 27.6 Å². The molecule has 3 aromatic rings. The van der Waals surface area contributed by atoms with Crippen LogP contribution < -0.4 is 0 Å². The second-order valence-corrected chi connectivity index (χ2v) is 6.31. The van der Waals surface area contributed by atoms with Crippen LogP contribution in [0.5, 0.6) is 0 Å². The fourth-order valence-electron chi connectivity index (χ4n) is 2.14. The fraction of sp³-hybridized carbons (Fsp3) is 0.0714. The first-order valence-electron chi connectivity index (χ1n) is 5.89. The Hall–Kier alpha value is -0.810. The predicted octanol–water partition coefficient (Wildman–Crippen LogP) is 5.97. The van der Waals surface area contributed by atoms with E-state index in [1.165, 1.54) is 12.1 Å². The fourth-order valence-corrected chi connectivity index (χ4v) is 3.34. The van der Waals surface area contributed by atoms with E-state index in [0.29, 0.717) is 21.9 Å². The smallest absolute Gasteiger partial charge is 0.144 e. The van der Waals surface area contributed by atoms with Crippen molar-refractivity contribution in [3.8, 4) is 5.69 Å². The van der Waals surface area contributed by atoms with Crippen molar-refractivity contribution in [1.82, 2.24) is 9.55 Å². The summed E-state index contributed by atoms with van der Waals surface area (Å²) in [7, 11) is 0. The largest absolute Gasteiger partial charge is 0.294 e. The van der Waals surface area contributed by atoms with Crippen LogP contribution in [0, 0.1) is 5.82 Å². The molecule has 0 N–H and O–H groups in total. The lowest BCUT2D eigenvalue weighted by molar-refractivity contribution is 0.630. The van der Waals surface area contributed by atoms with E-state index >= 15 is 0 Å². The predicted molar refractivity (Wildman–Crippen MR) is 88.3 cm³/mol. The molecule has 0 aliphatic carbocycles. The molecular formula is C14H7BrCl3FN2. The monoisotopic (exact) mass is 406 g/mol. The SMILES string of the molecule is Fc1cc2nc(CCl)n(-c3ccc(Cl)cc3Br)c2cc1Cl. The molecule has 0 aliphatic heterocycles. The average molecular weight is 408 g/mol. The van der Waals surface area contributed by atoms with E-state index in [9.17, 15) is 4.39 Å². The number of imidazole rings is 1. The lowest BCUT2D eigenvalue weighted by Gasteiger charge is -2.10. The molecule has 2 aromatic carbocycles. The van der Waals surface area contributed by atoms with Gasteiger partial charge in [-0.3, -0.25) is 4.57 Å². The van der Waals surface area contributed by atoms with E-state index in [2.05, 4.69) is 20.9 Å². The van der Waals surface area contributed by atoms with Crippen molar-refractivity contribution < 1.29 is 4.39 Å². The van der Waals surface area contributed by atoms with Gasteiger partial charge in [-0.1, -0.05) is 23.2 Å². The molecule has 0 unspecified atom stereocenters. The molecule has 0 fully saturated rings. The standard InChI is InChI=1S/C14H7BrCl3FN2/c15-8-3-7(17)1-2-12(8)21-13-4-9(18)10(19)5-11(13)20-14(21)6-16/h1-5H,6H2. The second kappa shape index (κ2) is 5.76. The summed E-state index contributed by atoms with van der Waals surface area (Å²) in [6, 6.07) is 8.20. The molecule has 3 rings (SSSR count). The lowest BCUT2D eigenvalue weighted by Crippen LogP contribution is -2.00. The molecule has 0 radical (unpaired) electrons. The topological polar surface area (TPSA) is 17.8 Å². The summed E-state index contributed by atoms with van der Waals surface area (Å²) in [6.07, 6.45) is 0. The van der Waals surface area contributed by atoms with Crippen molar-refractivity contribution in [1.29, 1.82) is 0 Å². The molecule has 7 heteroatoms. The van der Waals surface area contributed by atoms with Crippen LogP contribution in [0.4, 0.5) is 4.39 Å². The molecule has 108 valence electrons. The number of hydrogen-bond donors (Lipinski definition) is 0. The second-order valence-electron chi connectivity index (χ2n) is 4.35. The van der Waals surface area contributed by atoms with Gasteiger partial charge in [0, 0.05) is 15.6 Å². The summed E-state index contributed by atoms with van der Waals surface area (Å²) >= 11 is 21.3. The van der Waals surface area contributed by atoms with Gasteiger partial charge in [0.15, 0.2) is 0 Å². The first kappa shape index (κ1) is 15.1. The van der Waals surface area contributed by atoms with Crippen LogP contribution >= 0.6 is 50.7 Å². The number of fused-ring (bicyclic) bond motifs is 1. The highest BCUT2D eigenvalue weighted by Gasteiger charge is 2.16. The Labute approximate surface area is 143 Å². The van der Waals surface area contributed by atoms with Crippen molar-refractivity contribution in [2.24, 2.45) is 0 Å². The van der Waals surface area contributed by atoms with Crippen molar-refractivity contribution >= 4 is 61.8 Å². The quantitative estimate of drug-likeness (QED) is 0.478. The average Bonchev–Trinajstić information content (AvgIpc) is 2.77. The zero-order valence-electron chi connectivity index (χ0n) is 10.4. The molecule has 0 spiro atoms. The van der Waals surface area contributed by atoms with Gasteiger partial charge in [0.2, 0.25) is 0 Å². The Kier molecular flexibility index (Phi) is 4.14. The molecule has 0 saturated heterocycles. The van der Waals surface area contributed by atoms with E-state index in [4.69, 9.17) is 34.8 Å². The first-order valence-corrected chi connectivity index (χ1v) is 7.97. The first-order chi connectivity index (χ1) is 10.0. The van der Waals surface area contributed by atoms with Gasteiger partial charge in [-0.05, 0) is 40.2 Å². The normalized spacial score (nSPS) is 11.3. The number of nitrogens with zero attached hydrogens (tertiary/aromatic N) is 2. The minimum atomic E-state index is -0.509. The Morgan fingerprint density at radius 3 is 2.62 bits per heavy atom. The molecule has 1 heterocycles. The number of halogens is 5. The summed E-state index contributed by atoms with van der Waals surface area (Å²) in [5, 5.41) is 0.640. The van der Waals surface area contributed by atoms with E-state index < -0.39 is 5.82 Å². The summed E-state index contributed by atoms with van der Waals surface area (Å²) in [6.45, 7) is 0. The maximum Gasteiger partial charge on any atom is 0.144 e. The highest BCUT2D eigenvalue weighted by molar-refractivity contribution is 9.10. The van der Waals surface area contributed by atoms with Crippen LogP contribution in [0.3, 0.4) is 0 Å². The number of rotatable bonds is 2. The van der Waals surface area contributed by atoms with Crippen molar-refractivity contribution in [2.45, 2.75) is 5.88 Å². The van der Waals surface area contributed by atoms with E-state index in [0.717, 1.165) is 10.2 Å². The maximum atomic E-state index is 13.6. The molecule has 0 atom stereocenters. The minimum Gasteiger partial charge on any atom is -0.294 e. The van der Waals surface area contributed by atoms with Crippen molar-refractivity contribution in [2.75, 3.05) is 0 Å². The molecule has 0 aliphatic rings. The highest BCUT2D eigenvalue weighted by atomic mass is 79.9. The van der Waals surface area contributed by atoms with Gasteiger partial charge < -0.3 is 0 Å². The van der Waals surface area contributed by atoms with Gasteiger partial charge in [0.1, 0.15) is 11.6 Å². The van der Waals surface area contributed by atoms with Crippen LogP contribution in [0.25, 0.3) is 16.7 Å². The third-order valence-electron chi connectivity index (χ3n) is 3.04. The zero-order chi connectivity index (χ0) is 15.1. The molecule has 21 heavy (non-hydrogen) atoms. The van der Waals surface area contributed by atoms with Crippen LogP contribution in [-0.2, 0) is 5.88 Å². The molecule has 2 nitrogen and oxygen atoms in total. The summed E-state index contributed by atoms with van der Waals surface area (Å²) in [5.41, 5.74) is 1.98. The van der Waals surface area contributed by atoms with Crippen LogP contribution in [0.1, 0.15) is 5.82 Å². The molecular weight excluding hydrogens is 401 g/mol. The number of hydrogen-bond acceptors (Lipinski definition) is 1. The van der Waals surface area contributed by atoms with Crippen molar-refractivity contribution in [3.63, 3.8) is 0 Å². The highest BCUT2D eigenvalue weighted by Crippen LogP contribution is 2.31. The molecule has 0 amide bonds. The van der Waals surface area contributed by atoms with Crippen LogP contribution in [-0.4, -0.2) is 9.55 Å². The van der Waals surface area contributed by atoms with Gasteiger partial charge >= 0.3 is 0 Å². The minimum absolute atomic E-state index is 0.0369. The van der Waals surface area contributed by atoms with E-state index in [1.807, 2.05) is 10.6 Å². The summed E-state index contributed by atoms with van der Waals surface area (Å²) < 4.78 is 16.2. The van der Waals surface area contributed by atoms with Gasteiger partial charge in [-0.15, -0.1) is 11.6 Å². The maximum absolute atomic E-state index is 13.6. The molecule has 1 aromatic heterocycles. The summed E-state index contributed by atoms with van der Waals surface area (Å²) in [4.78, 5) is 4.35. The Morgan fingerprint density at radius 1 is 1.19 bits per heavy atom. The molecule has 0 bridgehead atoms. The van der Waals surface area contributed by atoms with Crippen molar-refractivity contribution in [3.05, 3.63) is 56.5 Å². The molecule has 0 saturated carbocycles. The number of aromatic nitrogens is 2. The van der Waals surface area contributed by atoms with Gasteiger partial charge in [-0.2, -0.15) is 0 Å². The third-order valence-corrected chi connectivity index (χ3v) is 4.44. The van der Waals surface area contributed by atoms with Gasteiger partial charge in [0.25, 0.3) is 0 Å². The van der Waals surface area contributed by atoms with Gasteiger partial charge in [-0.25, -0.2) is 9.37 Å². The zero-order valence-corrected chi connectivity index (χ0v) is 14.2. The van der Waals surface area contributed by atoms with Crippen LogP contribution in [0.15, 0.2) is 34.8 Å². The Balaban J connectivity index is 2.37. The summed E-state index contributed by atoms with van der Waals surface area (Å²) in [5.74, 6) is 0.268. The van der Waals surface area contributed by atoms with E-state index in [1.54, 1.807) is 12.1 Å². The van der Waals surface area contributed by atoms with E-state index in [-0.39, 0.29) is 10.9 Å². The number of benzene rings is 2.